The molecule has 1 aliphatic rings. The van der Waals surface area contributed by atoms with E-state index in [1.54, 1.807) is 18.3 Å². The van der Waals surface area contributed by atoms with Gasteiger partial charge in [-0.25, -0.2) is 9.37 Å². The van der Waals surface area contributed by atoms with Crippen LogP contribution in [0.25, 0.3) is 10.2 Å². The first-order chi connectivity index (χ1) is 16.4. The number of halogens is 2. The Morgan fingerprint density at radius 2 is 1.97 bits per heavy atom. The lowest BCUT2D eigenvalue weighted by Crippen LogP contribution is -2.31. The van der Waals surface area contributed by atoms with Crippen LogP contribution in [0.1, 0.15) is 23.6 Å². The van der Waals surface area contributed by atoms with Gasteiger partial charge in [-0.05, 0) is 35.7 Å². The molecule has 0 fully saturated rings. The smallest absolute Gasteiger partial charge is 0.296 e. The molecule has 1 aliphatic heterocycles. The van der Waals surface area contributed by atoms with Crippen LogP contribution < -0.4 is 4.90 Å². The molecule has 0 aliphatic carbocycles. The molecule has 0 saturated heterocycles. The normalized spacial score (nSPS) is 16.0. The predicted molar refractivity (Wildman–Crippen MR) is 128 cm³/mol. The van der Waals surface area contributed by atoms with Crippen LogP contribution in [-0.2, 0) is 16.0 Å². The molecule has 0 bridgehead atoms. The van der Waals surface area contributed by atoms with Gasteiger partial charge in [0.15, 0.2) is 16.7 Å². The molecular formula is C25H17ClFN3O3S. The quantitative estimate of drug-likeness (QED) is 0.379. The van der Waals surface area contributed by atoms with Crippen molar-refractivity contribution in [2.24, 2.45) is 0 Å². The minimum atomic E-state index is -0.912. The highest BCUT2D eigenvalue weighted by Crippen LogP contribution is 2.44. The number of rotatable bonds is 6. The molecule has 2 aromatic heterocycles. The average Bonchev–Trinajstić information content (AvgIpc) is 3.36. The van der Waals surface area contributed by atoms with Gasteiger partial charge in [-0.15, -0.1) is 0 Å². The lowest BCUT2D eigenvalue weighted by Gasteiger charge is -2.24. The van der Waals surface area contributed by atoms with Crippen LogP contribution in [-0.4, -0.2) is 26.8 Å². The van der Waals surface area contributed by atoms with E-state index in [0.29, 0.717) is 22.2 Å². The minimum absolute atomic E-state index is 0.00241. The van der Waals surface area contributed by atoms with E-state index in [-0.39, 0.29) is 27.9 Å². The van der Waals surface area contributed by atoms with E-state index in [9.17, 15) is 19.1 Å². The Balaban J connectivity index is 1.55. The second-order valence-electron chi connectivity index (χ2n) is 7.77. The molecular weight excluding hydrogens is 477 g/mol. The number of ketones is 1. The van der Waals surface area contributed by atoms with Gasteiger partial charge in [0.05, 0.1) is 26.9 Å². The number of amides is 1. The highest BCUT2D eigenvalue weighted by atomic mass is 35.5. The maximum atomic E-state index is 14.0. The fourth-order valence-electron chi connectivity index (χ4n) is 3.99. The monoisotopic (exact) mass is 493 g/mol. The number of nitrogens with zero attached hydrogens (tertiary/aromatic N) is 3. The Hall–Kier alpha value is -3.62. The summed E-state index contributed by atoms with van der Waals surface area (Å²) in [6.07, 6.45) is 3.69. The molecule has 1 N–H and O–H groups in total. The second-order valence-corrected chi connectivity index (χ2v) is 9.18. The fourth-order valence-corrected chi connectivity index (χ4v) is 5.15. The number of carbonyl (C=O) groups excluding carboxylic acids is 2. The number of benzene rings is 2. The number of hydrogen-bond donors (Lipinski definition) is 1. The summed E-state index contributed by atoms with van der Waals surface area (Å²) in [5.74, 6) is -2.31. The standard InChI is InChI=1S/C25H17ClFN3O3S/c26-16-11-18-20(12-17(16)27)34-25(29-18)30-22(15-7-4-10-28-13-15)21(23(32)24(30)33)19(31)9-8-14-5-2-1-3-6-14/h1-7,10-13,22,32H,8-9H2. The van der Waals surface area contributed by atoms with E-state index in [1.165, 1.54) is 23.2 Å². The molecule has 4 aromatic rings. The molecule has 1 amide bonds. The first kappa shape index (κ1) is 22.2. The predicted octanol–water partition coefficient (Wildman–Crippen LogP) is 5.59. The van der Waals surface area contributed by atoms with Crippen molar-refractivity contribution >= 4 is 50.0 Å². The van der Waals surface area contributed by atoms with Crippen molar-refractivity contribution in [1.29, 1.82) is 0 Å². The lowest BCUT2D eigenvalue weighted by molar-refractivity contribution is -0.118. The highest BCUT2D eigenvalue weighted by molar-refractivity contribution is 7.22. The number of aryl methyl sites for hydroxylation is 1. The molecule has 2 aromatic carbocycles. The van der Waals surface area contributed by atoms with Crippen molar-refractivity contribution in [3.05, 3.63) is 100 Å². The number of Topliss-reactive ketones (excluding diaryl/α,β-unsaturated/α-hetero) is 1. The minimum Gasteiger partial charge on any atom is -0.503 e. The van der Waals surface area contributed by atoms with Crippen LogP contribution in [0.15, 0.2) is 78.3 Å². The third-order valence-electron chi connectivity index (χ3n) is 5.62. The zero-order valence-electron chi connectivity index (χ0n) is 17.6. The number of hydrogen-bond acceptors (Lipinski definition) is 6. The second kappa shape index (κ2) is 8.96. The van der Waals surface area contributed by atoms with Crippen molar-refractivity contribution in [3.63, 3.8) is 0 Å². The van der Waals surface area contributed by atoms with Crippen LogP contribution in [0.5, 0.6) is 0 Å². The molecule has 34 heavy (non-hydrogen) atoms. The molecule has 1 unspecified atom stereocenters. The summed E-state index contributed by atoms with van der Waals surface area (Å²) in [5.41, 5.74) is 1.93. The number of aliphatic hydroxyl groups excluding tert-OH is 1. The van der Waals surface area contributed by atoms with Gasteiger partial charge < -0.3 is 5.11 Å². The van der Waals surface area contributed by atoms with Crippen LogP contribution in [0, 0.1) is 5.82 Å². The van der Waals surface area contributed by atoms with Crippen molar-refractivity contribution in [2.75, 3.05) is 4.90 Å². The molecule has 0 spiro atoms. The summed E-state index contributed by atoms with van der Waals surface area (Å²) in [7, 11) is 0. The van der Waals surface area contributed by atoms with E-state index in [0.717, 1.165) is 16.9 Å². The topological polar surface area (TPSA) is 83.4 Å². The molecule has 1 atom stereocenters. The summed E-state index contributed by atoms with van der Waals surface area (Å²) >= 11 is 6.96. The fraction of sp³-hybridized carbons (Fsp3) is 0.120. The zero-order chi connectivity index (χ0) is 23.8. The number of pyridine rings is 1. The number of aliphatic hydroxyl groups is 1. The van der Waals surface area contributed by atoms with Crippen LogP contribution in [0.4, 0.5) is 9.52 Å². The summed E-state index contributed by atoms with van der Waals surface area (Å²) in [6, 6.07) is 14.6. The summed E-state index contributed by atoms with van der Waals surface area (Å²) < 4.78 is 14.5. The van der Waals surface area contributed by atoms with Crippen molar-refractivity contribution in [3.8, 4) is 0 Å². The van der Waals surface area contributed by atoms with Gasteiger partial charge in [-0.3, -0.25) is 19.5 Å². The molecule has 170 valence electrons. The Kier molecular flexibility index (Phi) is 5.85. The third-order valence-corrected chi connectivity index (χ3v) is 6.92. The average molecular weight is 494 g/mol. The summed E-state index contributed by atoms with van der Waals surface area (Å²) in [5, 5.41) is 10.9. The number of carbonyl (C=O) groups is 2. The number of aromatic nitrogens is 2. The largest absolute Gasteiger partial charge is 0.503 e. The summed E-state index contributed by atoms with van der Waals surface area (Å²) in [6.45, 7) is 0. The van der Waals surface area contributed by atoms with Gasteiger partial charge in [0, 0.05) is 18.8 Å². The SMILES string of the molecule is O=C(CCc1ccccc1)C1=C(O)C(=O)N(c2nc3cc(Cl)c(F)cc3s2)C1c1cccnc1. The van der Waals surface area contributed by atoms with Gasteiger partial charge in [0.25, 0.3) is 5.91 Å². The Labute approximate surface area is 203 Å². The maximum Gasteiger partial charge on any atom is 0.296 e. The van der Waals surface area contributed by atoms with E-state index in [2.05, 4.69) is 9.97 Å². The Bertz CT molecular complexity index is 1400. The van der Waals surface area contributed by atoms with Gasteiger partial charge in [0.2, 0.25) is 0 Å². The molecule has 5 rings (SSSR count). The van der Waals surface area contributed by atoms with E-state index < -0.39 is 23.5 Å². The van der Waals surface area contributed by atoms with Crippen molar-refractivity contribution < 1.29 is 19.1 Å². The Morgan fingerprint density at radius 3 is 2.71 bits per heavy atom. The highest BCUT2D eigenvalue weighted by Gasteiger charge is 2.45. The number of fused-ring (bicyclic) bond motifs is 1. The Morgan fingerprint density at radius 1 is 1.18 bits per heavy atom. The van der Waals surface area contributed by atoms with Crippen LogP contribution in [0.2, 0.25) is 5.02 Å². The van der Waals surface area contributed by atoms with E-state index in [1.807, 2.05) is 30.3 Å². The van der Waals surface area contributed by atoms with Gasteiger partial charge in [-0.2, -0.15) is 0 Å². The molecule has 6 nitrogen and oxygen atoms in total. The molecule has 0 saturated carbocycles. The van der Waals surface area contributed by atoms with E-state index in [4.69, 9.17) is 11.6 Å². The van der Waals surface area contributed by atoms with Crippen molar-refractivity contribution in [2.45, 2.75) is 18.9 Å². The van der Waals surface area contributed by atoms with Crippen molar-refractivity contribution in [1.82, 2.24) is 9.97 Å². The van der Waals surface area contributed by atoms with Crippen LogP contribution in [0.3, 0.4) is 0 Å². The van der Waals surface area contributed by atoms with Crippen LogP contribution >= 0.6 is 22.9 Å². The lowest BCUT2D eigenvalue weighted by atomic mass is 9.94. The summed E-state index contributed by atoms with van der Waals surface area (Å²) in [4.78, 5) is 36.3. The molecule has 0 radical (unpaired) electrons. The van der Waals surface area contributed by atoms with E-state index >= 15 is 0 Å². The molecule has 3 heterocycles. The first-order valence-corrected chi connectivity index (χ1v) is 11.6. The van der Waals surface area contributed by atoms with Gasteiger partial charge >= 0.3 is 0 Å². The third kappa shape index (κ3) is 3.95. The molecule has 9 heteroatoms. The van der Waals surface area contributed by atoms with Gasteiger partial charge in [0.1, 0.15) is 5.82 Å². The zero-order valence-corrected chi connectivity index (χ0v) is 19.2. The number of thiazole rings is 1. The maximum absolute atomic E-state index is 14.0. The van der Waals surface area contributed by atoms with Gasteiger partial charge in [-0.1, -0.05) is 59.3 Å². The first-order valence-electron chi connectivity index (χ1n) is 10.4. The number of anilines is 1.